The Morgan fingerprint density at radius 1 is 1.07 bits per heavy atom. The van der Waals surface area contributed by atoms with Crippen LogP contribution in [0.15, 0.2) is 55.0 Å². The highest BCUT2D eigenvalue weighted by Crippen LogP contribution is 2.24. The second-order valence-corrected chi connectivity index (χ2v) is 6.31. The van der Waals surface area contributed by atoms with E-state index in [9.17, 15) is 8.78 Å². The highest BCUT2D eigenvalue weighted by atomic mass is 19.3. The van der Waals surface area contributed by atoms with Crippen molar-refractivity contribution in [2.75, 3.05) is 24.3 Å². The molecular formula is C19H17F2N7O. The van der Waals surface area contributed by atoms with Crippen LogP contribution in [0.3, 0.4) is 0 Å². The van der Waals surface area contributed by atoms with Crippen LogP contribution in [-0.2, 0) is 0 Å². The number of halogens is 2. The van der Waals surface area contributed by atoms with Crippen LogP contribution in [0, 0.1) is 0 Å². The molecule has 0 fully saturated rings. The molecule has 3 aromatic heterocycles. The molecule has 0 unspecified atom stereocenters. The third-order valence-corrected chi connectivity index (χ3v) is 4.07. The van der Waals surface area contributed by atoms with Crippen molar-refractivity contribution in [1.82, 2.24) is 24.6 Å². The molecule has 0 aliphatic rings. The first-order chi connectivity index (χ1) is 14.0. The Kier molecular flexibility index (Phi) is 4.90. The lowest BCUT2D eigenvalue weighted by Crippen LogP contribution is -2.10. The molecule has 0 aliphatic carbocycles. The lowest BCUT2D eigenvalue weighted by atomic mass is 10.2. The van der Waals surface area contributed by atoms with E-state index in [0.717, 1.165) is 11.4 Å². The number of rotatable bonds is 6. The van der Waals surface area contributed by atoms with Gasteiger partial charge in [0.2, 0.25) is 5.95 Å². The van der Waals surface area contributed by atoms with Crippen molar-refractivity contribution >= 4 is 23.1 Å². The maximum absolute atomic E-state index is 12.3. The number of benzene rings is 1. The highest BCUT2D eigenvalue weighted by molar-refractivity contribution is 5.74. The highest BCUT2D eigenvalue weighted by Gasteiger charge is 2.12. The average Bonchev–Trinajstić information content (AvgIpc) is 3.11. The summed E-state index contributed by atoms with van der Waals surface area (Å²) in [4.78, 5) is 15.2. The van der Waals surface area contributed by atoms with Gasteiger partial charge in [0.15, 0.2) is 5.65 Å². The second-order valence-electron chi connectivity index (χ2n) is 6.31. The van der Waals surface area contributed by atoms with Crippen LogP contribution in [0.5, 0.6) is 5.75 Å². The topological polar surface area (TPSA) is 80.5 Å². The number of hydrogen-bond donors (Lipinski definition) is 1. The molecule has 4 rings (SSSR count). The summed E-state index contributed by atoms with van der Waals surface area (Å²) in [5.41, 5.74) is 2.65. The maximum Gasteiger partial charge on any atom is 0.387 e. The van der Waals surface area contributed by atoms with E-state index in [1.54, 1.807) is 35.2 Å². The van der Waals surface area contributed by atoms with Crippen molar-refractivity contribution in [2.45, 2.75) is 6.61 Å². The molecule has 10 heteroatoms. The Labute approximate surface area is 164 Å². The lowest BCUT2D eigenvalue weighted by Gasteiger charge is -2.11. The van der Waals surface area contributed by atoms with E-state index in [2.05, 4.69) is 30.1 Å². The monoisotopic (exact) mass is 397 g/mol. The largest absolute Gasteiger partial charge is 0.435 e. The van der Waals surface area contributed by atoms with E-state index in [1.807, 2.05) is 31.1 Å². The lowest BCUT2D eigenvalue weighted by molar-refractivity contribution is -0.0498. The summed E-state index contributed by atoms with van der Waals surface area (Å²) in [5.74, 6) is 1.26. The molecule has 0 spiro atoms. The van der Waals surface area contributed by atoms with Gasteiger partial charge in [0.25, 0.3) is 0 Å². The summed E-state index contributed by atoms with van der Waals surface area (Å²) in [6, 6.07) is 9.91. The minimum absolute atomic E-state index is 0.0775. The van der Waals surface area contributed by atoms with Crippen LogP contribution < -0.4 is 15.0 Å². The SMILES string of the molecule is CN(C)c1ccc(-c2nccn3nc(Nc4ccc(OC(F)F)cc4)nc23)cn1. The second kappa shape index (κ2) is 7.66. The molecule has 0 amide bonds. The van der Waals surface area contributed by atoms with E-state index >= 15 is 0 Å². The Balaban J connectivity index is 1.60. The zero-order valence-corrected chi connectivity index (χ0v) is 15.6. The van der Waals surface area contributed by atoms with Crippen LogP contribution in [0.2, 0.25) is 0 Å². The van der Waals surface area contributed by atoms with E-state index < -0.39 is 6.61 Å². The predicted molar refractivity (Wildman–Crippen MR) is 105 cm³/mol. The van der Waals surface area contributed by atoms with Crippen molar-refractivity contribution in [2.24, 2.45) is 0 Å². The van der Waals surface area contributed by atoms with Gasteiger partial charge in [-0.25, -0.2) is 9.50 Å². The van der Waals surface area contributed by atoms with E-state index in [-0.39, 0.29) is 5.75 Å². The molecule has 0 atom stereocenters. The van der Waals surface area contributed by atoms with Crippen molar-refractivity contribution in [3.05, 3.63) is 55.0 Å². The number of nitrogens with zero attached hydrogens (tertiary/aromatic N) is 6. The number of ether oxygens (including phenoxy) is 1. The Morgan fingerprint density at radius 2 is 1.86 bits per heavy atom. The van der Waals surface area contributed by atoms with Gasteiger partial charge in [0.05, 0.1) is 0 Å². The zero-order valence-electron chi connectivity index (χ0n) is 15.6. The van der Waals surface area contributed by atoms with Gasteiger partial charge in [-0.05, 0) is 36.4 Å². The summed E-state index contributed by atoms with van der Waals surface area (Å²) < 4.78 is 30.5. The van der Waals surface area contributed by atoms with Gasteiger partial charge < -0.3 is 15.0 Å². The smallest absolute Gasteiger partial charge is 0.387 e. The summed E-state index contributed by atoms with van der Waals surface area (Å²) >= 11 is 0. The standard InChI is InChI=1S/C19H17F2N7O/c1-27(2)15-8-3-12(11-23-15)16-17-25-19(26-28(17)10-9-22-16)24-13-4-6-14(7-5-13)29-18(20)21/h3-11,18H,1-2H3,(H,24,26). The number of pyridine rings is 1. The summed E-state index contributed by atoms with van der Waals surface area (Å²) in [6.45, 7) is -2.86. The van der Waals surface area contributed by atoms with Crippen LogP contribution in [-0.4, -0.2) is 45.3 Å². The van der Waals surface area contributed by atoms with Crippen LogP contribution >= 0.6 is 0 Å². The fourth-order valence-electron chi connectivity index (χ4n) is 2.71. The van der Waals surface area contributed by atoms with Gasteiger partial charge in [0.1, 0.15) is 17.3 Å². The van der Waals surface area contributed by atoms with Crippen LogP contribution in [0.1, 0.15) is 0 Å². The minimum atomic E-state index is -2.86. The quantitative estimate of drug-likeness (QED) is 0.532. The van der Waals surface area contributed by atoms with E-state index in [1.165, 1.54) is 12.1 Å². The Hall–Kier alpha value is -3.82. The molecule has 0 saturated heterocycles. The molecule has 29 heavy (non-hydrogen) atoms. The van der Waals surface area contributed by atoms with Crippen molar-refractivity contribution in [3.8, 4) is 17.0 Å². The van der Waals surface area contributed by atoms with Crippen molar-refractivity contribution < 1.29 is 13.5 Å². The van der Waals surface area contributed by atoms with Gasteiger partial charge in [-0.2, -0.15) is 13.8 Å². The molecule has 4 aromatic rings. The molecule has 0 radical (unpaired) electrons. The number of fused-ring (bicyclic) bond motifs is 1. The molecule has 1 aromatic carbocycles. The molecule has 8 nitrogen and oxygen atoms in total. The summed E-state index contributed by atoms with van der Waals surface area (Å²) in [6.07, 6.45) is 5.07. The first-order valence-electron chi connectivity index (χ1n) is 8.66. The third kappa shape index (κ3) is 4.05. The number of anilines is 3. The third-order valence-electron chi connectivity index (χ3n) is 4.07. The Bertz CT molecular complexity index is 1110. The average molecular weight is 397 g/mol. The number of hydrogen-bond acceptors (Lipinski definition) is 7. The van der Waals surface area contributed by atoms with Gasteiger partial charge in [-0.3, -0.25) is 4.98 Å². The van der Waals surface area contributed by atoms with Crippen molar-refractivity contribution in [3.63, 3.8) is 0 Å². The zero-order chi connectivity index (χ0) is 20.4. The predicted octanol–water partition coefficient (Wildman–Crippen LogP) is 3.60. The van der Waals surface area contributed by atoms with Gasteiger partial charge in [0, 0.05) is 43.9 Å². The van der Waals surface area contributed by atoms with Crippen molar-refractivity contribution in [1.29, 1.82) is 0 Å². The molecule has 1 N–H and O–H groups in total. The normalized spacial score (nSPS) is 11.1. The van der Waals surface area contributed by atoms with Crippen LogP contribution in [0.4, 0.5) is 26.2 Å². The molecule has 0 bridgehead atoms. The first kappa shape index (κ1) is 18.5. The first-order valence-corrected chi connectivity index (χ1v) is 8.66. The molecular weight excluding hydrogens is 380 g/mol. The number of alkyl halides is 2. The van der Waals surface area contributed by atoms with Gasteiger partial charge >= 0.3 is 6.61 Å². The molecule has 148 valence electrons. The fraction of sp³-hybridized carbons (Fsp3) is 0.158. The number of nitrogens with one attached hydrogen (secondary N) is 1. The summed E-state index contributed by atoms with van der Waals surface area (Å²) in [5, 5.41) is 7.43. The van der Waals surface area contributed by atoms with Gasteiger partial charge in [-0.1, -0.05) is 0 Å². The molecule has 0 aliphatic heterocycles. The van der Waals surface area contributed by atoms with E-state index in [0.29, 0.717) is 23.0 Å². The maximum atomic E-state index is 12.3. The van der Waals surface area contributed by atoms with Gasteiger partial charge in [-0.15, -0.1) is 5.10 Å². The molecule has 0 saturated carbocycles. The fourth-order valence-corrected chi connectivity index (χ4v) is 2.71. The Morgan fingerprint density at radius 3 is 2.52 bits per heavy atom. The molecule has 3 heterocycles. The van der Waals surface area contributed by atoms with E-state index in [4.69, 9.17) is 0 Å². The summed E-state index contributed by atoms with van der Waals surface area (Å²) in [7, 11) is 3.84. The number of aromatic nitrogens is 5. The van der Waals surface area contributed by atoms with Crippen LogP contribution in [0.25, 0.3) is 16.9 Å². The minimum Gasteiger partial charge on any atom is -0.435 e.